The van der Waals surface area contributed by atoms with Crippen molar-refractivity contribution in [2.24, 2.45) is 11.8 Å². The number of likely N-dealkylation sites (tertiary alicyclic amines) is 1. The fourth-order valence-corrected chi connectivity index (χ4v) is 7.40. The van der Waals surface area contributed by atoms with Crippen molar-refractivity contribution in [3.63, 3.8) is 0 Å². The molecule has 2 bridgehead atoms. The van der Waals surface area contributed by atoms with Gasteiger partial charge in [-0.1, -0.05) is 55.1 Å². The van der Waals surface area contributed by atoms with Crippen molar-refractivity contribution in [2.45, 2.75) is 69.2 Å². The monoisotopic (exact) mass is 607 g/mol. The van der Waals surface area contributed by atoms with Crippen LogP contribution in [-0.2, 0) is 25.5 Å². The van der Waals surface area contributed by atoms with Gasteiger partial charge < -0.3 is 29.7 Å². The number of nitrogens with one attached hydrogen (secondary N) is 2. The van der Waals surface area contributed by atoms with E-state index in [0.29, 0.717) is 28.6 Å². The van der Waals surface area contributed by atoms with E-state index in [0.717, 1.165) is 43.2 Å². The lowest BCUT2D eigenvalue weighted by atomic mass is 9.74. The average molecular weight is 608 g/mol. The molecule has 2 N–H and O–H groups in total. The fourth-order valence-electron chi connectivity index (χ4n) is 7.22. The Balaban J connectivity index is 1.29. The van der Waals surface area contributed by atoms with Gasteiger partial charge in [-0.05, 0) is 61.6 Å². The van der Waals surface area contributed by atoms with Crippen LogP contribution in [0, 0.1) is 18.8 Å². The summed E-state index contributed by atoms with van der Waals surface area (Å²) < 4.78 is 17.3. The topological polar surface area (TPSA) is 106 Å². The zero-order valence-electron chi connectivity index (χ0n) is 24.7. The van der Waals surface area contributed by atoms with E-state index in [2.05, 4.69) is 10.6 Å². The van der Waals surface area contributed by atoms with E-state index in [1.807, 2.05) is 43.3 Å². The third-order valence-corrected chi connectivity index (χ3v) is 9.81. The number of fused-ring (bicyclic) bond motifs is 1. The molecule has 2 saturated heterocycles. The Kier molecular flexibility index (Phi) is 8.13. The number of halogens is 1. The highest BCUT2D eigenvalue weighted by Crippen LogP contribution is 2.55. The van der Waals surface area contributed by atoms with Crippen LogP contribution in [-0.4, -0.2) is 67.2 Å². The van der Waals surface area contributed by atoms with Gasteiger partial charge in [0.15, 0.2) is 11.5 Å². The molecule has 6 rings (SSSR count). The van der Waals surface area contributed by atoms with Gasteiger partial charge in [0, 0.05) is 23.3 Å². The van der Waals surface area contributed by atoms with E-state index in [1.165, 1.54) is 0 Å². The maximum absolute atomic E-state index is 14.3. The molecule has 1 spiro atoms. The second-order valence-electron chi connectivity index (χ2n) is 12.0. The first kappa shape index (κ1) is 29.5. The van der Waals surface area contributed by atoms with Crippen molar-refractivity contribution in [3.8, 4) is 11.5 Å². The zero-order valence-corrected chi connectivity index (χ0v) is 25.5. The van der Waals surface area contributed by atoms with Gasteiger partial charge in [0.1, 0.15) is 11.6 Å². The number of aryl methyl sites for hydroxylation is 1. The molecule has 2 aromatic rings. The lowest BCUT2D eigenvalue weighted by Crippen LogP contribution is -2.56. The Morgan fingerprint density at radius 3 is 2.53 bits per heavy atom. The predicted octanol–water partition coefficient (Wildman–Crippen LogP) is 4.45. The summed E-state index contributed by atoms with van der Waals surface area (Å²) in [6, 6.07) is 10.1. The van der Waals surface area contributed by atoms with Crippen molar-refractivity contribution in [3.05, 3.63) is 64.7 Å². The summed E-state index contributed by atoms with van der Waals surface area (Å²) >= 11 is 6.30. The first-order valence-corrected chi connectivity index (χ1v) is 15.4. The molecule has 43 heavy (non-hydrogen) atoms. The number of benzene rings is 2. The number of anilines is 1. The maximum Gasteiger partial charge on any atom is 0.246 e. The fraction of sp³-hybridized carbons (Fsp3) is 0.485. The minimum atomic E-state index is -1.22. The number of nitrogens with zero attached hydrogens (tertiary/aromatic N) is 1. The molecule has 0 unspecified atom stereocenters. The molecule has 228 valence electrons. The van der Waals surface area contributed by atoms with E-state index in [-0.39, 0.29) is 30.3 Å². The van der Waals surface area contributed by atoms with Crippen molar-refractivity contribution < 1.29 is 28.6 Å². The molecule has 0 radical (unpaired) electrons. The molecule has 2 aromatic carbocycles. The van der Waals surface area contributed by atoms with Gasteiger partial charge in [0.05, 0.1) is 32.2 Å². The highest BCUT2D eigenvalue weighted by Gasteiger charge is 2.72. The standard InChI is InChI=1S/C33H38ClN3O6/c1-19-9-11-22(18-23(19)34)36-30(38)27-25-13-15-33(43-25)28(27)32(40)37(29(33)31(39)35-21-7-5-4-6-8-21)16-14-20-10-12-24(41-2)26(17-20)42-3/h9-13,15,17-18,21,25,27-29H,4-8,14,16H2,1-3H3,(H,35,39)(H,36,38)/t25-,27+,28-,29+,33+/m1/s1. The van der Waals surface area contributed by atoms with E-state index in [9.17, 15) is 14.4 Å². The van der Waals surface area contributed by atoms with Crippen LogP contribution in [0.4, 0.5) is 5.69 Å². The first-order valence-electron chi connectivity index (χ1n) is 15.0. The predicted molar refractivity (Wildman–Crippen MR) is 162 cm³/mol. The van der Waals surface area contributed by atoms with Crippen LogP contribution < -0.4 is 20.1 Å². The number of ether oxygens (including phenoxy) is 3. The van der Waals surface area contributed by atoms with E-state index >= 15 is 0 Å². The largest absolute Gasteiger partial charge is 0.493 e. The van der Waals surface area contributed by atoms with Gasteiger partial charge >= 0.3 is 0 Å². The minimum Gasteiger partial charge on any atom is -0.493 e. The number of amides is 3. The van der Waals surface area contributed by atoms with Gasteiger partial charge in [-0.3, -0.25) is 14.4 Å². The summed E-state index contributed by atoms with van der Waals surface area (Å²) in [5.41, 5.74) is 1.15. The van der Waals surface area contributed by atoms with Crippen LogP contribution >= 0.6 is 11.6 Å². The zero-order chi connectivity index (χ0) is 30.3. The average Bonchev–Trinajstić information content (AvgIpc) is 3.65. The Bertz CT molecular complexity index is 1460. The molecule has 9 nitrogen and oxygen atoms in total. The number of rotatable bonds is 9. The third-order valence-electron chi connectivity index (χ3n) is 9.41. The first-order chi connectivity index (χ1) is 20.8. The number of hydrogen-bond acceptors (Lipinski definition) is 6. The molecule has 0 aromatic heterocycles. The molecule has 5 atom stereocenters. The van der Waals surface area contributed by atoms with Crippen LogP contribution in [0.15, 0.2) is 48.6 Å². The smallest absolute Gasteiger partial charge is 0.246 e. The number of hydrogen-bond donors (Lipinski definition) is 2. The van der Waals surface area contributed by atoms with E-state index in [4.69, 9.17) is 25.8 Å². The summed E-state index contributed by atoms with van der Waals surface area (Å²) in [6.45, 7) is 2.16. The maximum atomic E-state index is 14.3. The van der Waals surface area contributed by atoms with Crippen LogP contribution in [0.25, 0.3) is 0 Å². The van der Waals surface area contributed by atoms with Crippen LogP contribution in [0.2, 0.25) is 5.02 Å². The molecule has 4 aliphatic rings. The summed E-state index contributed by atoms with van der Waals surface area (Å²) in [7, 11) is 3.16. The lowest BCUT2D eigenvalue weighted by Gasteiger charge is -2.34. The molecule has 10 heteroatoms. The molecule has 3 aliphatic heterocycles. The lowest BCUT2D eigenvalue weighted by molar-refractivity contribution is -0.141. The van der Waals surface area contributed by atoms with E-state index in [1.54, 1.807) is 31.3 Å². The molecule has 1 saturated carbocycles. The van der Waals surface area contributed by atoms with Crippen LogP contribution in [0.5, 0.6) is 11.5 Å². The normalized spacial score (nSPS) is 27.7. The molecule has 3 fully saturated rings. The molecule has 1 aliphatic carbocycles. The number of carbonyl (C=O) groups excluding carboxylic acids is 3. The molecular formula is C33H38ClN3O6. The summed E-state index contributed by atoms with van der Waals surface area (Å²) in [4.78, 5) is 43.7. The van der Waals surface area contributed by atoms with Gasteiger partial charge in [-0.2, -0.15) is 0 Å². The summed E-state index contributed by atoms with van der Waals surface area (Å²) in [5.74, 6) is -1.22. The van der Waals surface area contributed by atoms with Crippen molar-refractivity contribution in [2.75, 3.05) is 26.1 Å². The molecule has 3 heterocycles. The van der Waals surface area contributed by atoms with E-state index < -0.39 is 29.6 Å². The number of methoxy groups -OCH3 is 2. The van der Waals surface area contributed by atoms with Crippen LogP contribution in [0.1, 0.15) is 43.2 Å². The van der Waals surface area contributed by atoms with Gasteiger partial charge in [0.25, 0.3) is 0 Å². The van der Waals surface area contributed by atoms with Gasteiger partial charge in [-0.25, -0.2) is 0 Å². The second-order valence-corrected chi connectivity index (χ2v) is 12.4. The van der Waals surface area contributed by atoms with Crippen LogP contribution in [0.3, 0.4) is 0 Å². The van der Waals surface area contributed by atoms with Crippen molar-refractivity contribution in [1.29, 1.82) is 0 Å². The highest BCUT2D eigenvalue weighted by atomic mass is 35.5. The summed E-state index contributed by atoms with van der Waals surface area (Å²) in [5, 5.41) is 6.71. The Hall–Kier alpha value is -3.56. The van der Waals surface area contributed by atoms with Gasteiger partial charge in [0.2, 0.25) is 17.7 Å². The van der Waals surface area contributed by atoms with Crippen molar-refractivity contribution in [1.82, 2.24) is 10.2 Å². The van der Waals surface area contributed by atoms with Crippen molar-refractivity contribution >= 4 is 35.0 Å². The molecule has 3 amide bonds. The minimum absolute atomic E-state index is 0.0625. The number of carbonyl (C=O) groups is 3. The quantitative estimate of drug-likeness (QED) is 0.408. The third kappa shape index (κ3) is 5.27. The second kappa shape index (κ2) is 11.8. The Morgan fingerprint density at radius 2 is 1.81 bits per heavy atom. The van der Waals surface area contributed by atoms with Gasteiger partial charge in [-0.15, -0.1) is 0 Å². The SMILES string of the molecule is COc1ccc(CCN2C(=O)[C@H]3[C@@H](C(=O)Nc4ccc(C)c(Cl)c4)[C@H]4C=C[C@@]3(O4)[C@@H]2C(=O)NC2CCCCC2)cc1OC. The summed E-state index contributed by atoms with van der Waals surface area (Å²) in [6.07, 6.45) is 8.67. The molecular weight excluding hydrogens is 570 g/mol. The Morgan fingerprint density at radius 1 is 1.05 bits per heavy atom. The Labute approximate surface area is 256 Å². The highest BCUT2D eigenvalue weighted by molar-refractivity contribution is 6.31.